The van der Waals surface area contributed by atoms with Crippen molar-refractivity contribution >= 4 is 20.1 Å². The summed E-state index contributed by atoms with van der Waals surface area (Å²) in [6.45, 7) is 0. The molecule has 24 valence electrons. The van der Waals surface area contributed by atoms with Crippen LogP contribution in [-0.2, 0) is 0 Å². The first-order valence-electron chi connectivity index (χ1n) is 1.91. The van der Waals surface area contributed by atoms with Crippen LogP contribution in [-0.4, -0.2) is 20.1 Å². The van der Waals surface area contributed by atoms with E-state index in [0.717, 1.165) is 20.8 Å². The highest BCUT2D eigenvalue weighted by atomic mass is 16.1. The van der Waals surface area contributed by atoms with Crippen molar-refractivity contribution in [2.24, 2.45) is 0 Å². The predicted molar refractivity (Wildman–Crippen MR) is 24.5 cm³/mol. The van der Waals surface area contributed by atoms with E-state index in [4.69, 9.17) is 0 Å². The fraction of sp³-hybridized carbons (Fsp3) is 0.500. The summed E-state index contributed by atoms with van der Waals surface area (Å²) in [6, 6.07) is 0. The highest BCUT2D eigenvalue weighted by Crippen LogP contribution is 1.90. The summed E-state index contributed by atoms with van der Waals surface area (Å²) < 4.78 is 0. The SMILES string of the molecule is O=C1BCB1. The first-order valence-corrected chi connectivity index (χ1v) is 1.91. The first kappa shape index (κ1) is 3.01. The Hall–Kier alpha value is -0.200. The molecular weight excluding hydrogens is 61.6 g/mol. The molecule has 0 aromatic carbocycles. The van der Waals surface area contributed by atoms with Crippen LogP contribution in [0.15, 0.2) is 0 Å². The molecule has 3 heteroatoms. The van der Waals surface area contributed by atoms with Crippen LogP contribution in [0.5, 0.6) is 0 Å². The molecule has 0 N–H and O–H groups in total. The van der Waals surface area contributed by atoms with Gasteiger partial charge in [0, 0.05) is 5.58 Å². The molecule has 0 aromatic heterocycles. The minimum atomic E-state index is 0.435. The molecule has 1 rings (SSSR count). The monoisotopic (exact) mass is 66.0 g/mol. The largest absolute Gasteiger partial charge is 0.323 e. The molecule has 0 atom stereocenters. The van der Waals surface area contributed by atoms with Gasteiger partial charge in [-0.15, -0.1) is 0 Å². The van der Waals surface area contributed by atoms with E-state index < -0.39 is 0 Å². The predicted octanol–water partition coefficient (Wildman–Crippen LogP) is -0.631. The number of carbonyl (C=O) groups excluding carboxylic acids is 1. The van der Waals surface area contributed by atoms with E-state index >= 15 is 0 Å². The average molecular weight is 65.7 g/mol. The van der Waals surface area contributed by atoms with Gasteiger partial charge in [0.2, 0.25) is 0 Å². The summed E-state index contributed by atoms with van der Waals surface area (Å²) in [4.78, 5) is 9.90. The molecule has 0 aromatic rings. The van der Waals surface area contributed by atoms with E-state index in [0.29, 0.717) is 5.58 Å². The Morgan fingerprint density at radius 3 is 2.00 bits per heavy atom. The van der Waals surface area contributed by atoms with E-state index in [-0.39, 0.29) is 0 Å². The van der Waals surface area contributed by atoms with Gasteiger partial charge in [0.1, 0.15) is 0 Å². The molecule has 1 aliphatic rings. The molecule has 1 nitrogen and oxygen atoms in total. The third-order valence-electron chi connectivity index (χ3n) is 0.911. The van der Waals surface area contributed by atoms with Gasteiger partial charge in [-0.3, -0.25) is 0 Å². The minimum absolute atomic E-state index is 0.435. The van der Waals surface area contributed by atoms with Crippen LogP contribution in [0.2, 0.25) is 6.22 Å². The number of hydrogen-bond donors (Lipinski definition) is 0. The van der Waals surface area contributed by atoms with Crippen LogP contribution in [0.4, 0.5) is 4.79 Å². The first-order chi connectivity index (χ1) is 2.39. The summed E-state index contributed by atoms with van der Waals surface area (Å²) in [5, 5.41) is 0. The Kier molecular flexibility index (Phi) is 0.533. The maximum absolute atomic E-state index is 9.90. The molecule has 1 aliphatic heterocycles. The van der Waals surface area contributed by atoms with Gasteiger partial charge in [-0.2, -0.15) is 0 Å². The zero-order valence-electron chi connectivity index (χ0n) is 3.03. The maximum atomic E-state index is 9.90. The van der Waals surface area contributed by atoms with Crippen LogP contribution < -0.4 is 0 Å². The quantitative estimate of drug-likeness (QED) is 0.344. The molecule has 0 radical (unpaired) electrons. The van der Waals surface area contributed by atoms with Gasteiger partial charge in [0.25, 0.3) is 0 Å². The van der Waals surface area contributed by atoms with Gasteiger partial charge in [-0.1, -0.05) is 6.22 Å². The highest BCUT2D eigenvalue weighted by molar-refractivity contribution is 7.16. The molecule has 1 fully saturated rings. The molecule has 0 saturated carbocycles. The maximum Gasteiger partial charge on any atom is 0.184 e. The Morgan fingerprint density at radius 2 is 2.00 bits per heavy atom. The summed E-state index contributed by atoms with van der Waals surface area (Å²) in [7, 11) is 1.69. The summed E-state index contributed by atoms with van der Waals surface area (Å²) >= 11 is 0. The van der Waals surface area contributed by atoms with Crippen molar-refractivity contribution in [1.29, 1.82) is 0 Å². The number of hydrogen-bond acceptors (Lipinski definition) is 1. The second-order valence-corrected chi connectivity index (χ2v) is 1.39. The molecule has 0 amide bonds. The van der Waals surface area contributed by atoms with E-state index in [2.05, 4.69) is 0 Å². The van der Waals surface area contributed by atoms with Crippen LogP contribution in [0.1, 0.15) is 0 Å². The van der Waals surface area contributed by atoms with Gasteiger partial charge in [0.05, 0.1) is 0 Å². The summed E-state index contributed by atoms with van der Waals surface area (Å²) in [5.41, 5.74) is 0.435. The molecule has 1 saturated heterocycles. The Labute approximate surface area is 32.2 Å². The molecular formula is C2H4B2O. The zero-order valence-corrected chi connectivity index (χ0v) is 3.03. The van der Waals surface area contributed by atoms with Gasteiger partial charge in [0.15, 0.2) is 14.6 Å². The summed E-state index contributed by atoms with van der Waals surface area (Å²) in [5.74, 6) is 0. The lowest BCUT2D eigenvalue weighted by atomic mass is 9.31. The van der Waals surface area contributed by atoms with Crippen LogP contribution >= 0.6 is 0 Å². The second-order valence-electron chi connectivity index (χ2n) is 1.39. The van der Waals surface area contributed by atoms with Crippen LogP contribution in [0, 0.1) is 0 Å². The standard InChI is InChI=1S/C2H4B2O/c5-2-3-1-4-2/h3-4H,1H2. The molecule has 0 bridgehead atoms. The Morgan fingerprint density at radius 1 is 1.60 bits per heavy atom. The third kappa shape index (κ3) is 0.366. The Balaban J connectivity index is 2.32. The topological polar surface area (TPSA) is 17.1 Å². The van der Waals surface area contributed by atoms with Crippen LogP contribution in [0.25, 0.3) is 0 Å². The van der Waals surface area contributed by atoms with E-state index in [1.165, 1.54) is 0 Å². The van der Waals surface area contributed by atoms with Crippen molar-refractivity contribution in [2.75, 3.05) is 0 Å². The van der Waals surface area contributed by atoms with Crippen molar-refractivity contribution in [3.63, 3.8) is 0 Å². The van der Waals surface area contributed by atoms with Crippen molar-refractivity contribution in [1.82, 2.24) is 0 Å². The highest BCUT2D eigenvalue weighted by Gasteiger charge is 2.14. The minimum Gasteiger partial charge on any atom is -0.323 e. The summed E-state index contributed by atoms with van der Waals surface area (Å²) in [6.07, 6.45) is 1.14. The Bertz CT molecular complexity index is 54.7. The lowest BCUT2D eigenvalue weighted by molar-refractivity contribution is 0.273. The average Bonchev–Trinajstić information content (AvgIpc) is 1.30. The fourth-order valence-corrected chi connectivity index (χ4v) is 0.321. The van der Waals surface area contributed by atoms with Crippen molar-refractivity contribution < 1.29 is 4.79 Å². The van der Waals surface area contributed by atoms with Crippen molar-refractivity contribution in [3.05, 3.63) is 0 Å². The zero-order chi connectivity index (χ0) is 3.70. The lowest BCUT2D eigenvalue weighted by Gasteiger charge is -2.00. The lowest BCUT2D eigenvalue weighted by Crippen LogP contribution is -2.28. The number of rotatable bonds is 0. The molecule has 0 aliphatic carbocycles. The smallest absolute Gasteiger partial charge is 0.184 e. The molecule has 1 heterocycles. The molecule has 0 spiro atoms. The fourth-order valence-electron chi connectivity index (χ4n) is 0.321. The van der Waals surface area contributed by atoms with Gasteiger partial charge < -0.3 is 4.79 Å². The van der Waals surface area contributed by atoms with Gasteiger partial charge >= 0.3 is 0 Å². The molecule has 5 heavy (non-hydrogen) atoms. The second kappa shape index (κ2) is 0.886. The van der Waals surface area contributed by atoms with Gasteiger partial charge in [-0.05, 0) is 0 Å². The normalized spacial score (nSPS) is 18.8. The third-order valence-corrected chi connectivity index (χ3v) is 0.911. The van der Waals surface area contributed by atoms with Gasteiger partial charge in [-0.25, -0.2) is 0 Å². The van der Waals surface area contributed by atoms with Crippen molar-refractivity contribution in [2.45, 2.75) is 6.22 Å². The number of carbonyl (C=O) groups is 1. The van der Waals surface area contributed by atoms with E-state index in [1.54, 1.807) is 0 Å². The van der Waals surface area contributed by atoms with E-state index in [1.807, 2.05) is 0 Å². The van der Waals surface area contributed by atoms with E-state index in [9.17, 15) is 4.79 Å². The molecule has 0 unspecified atom stereocenters. The van der Waals surface area contributed by atoms with Crippen molar-refractivity contribution in [3.8, 4) is 0 Å². The van der Waals surface area contributed by atoms with Crippen LogP contribution in [0.3, 0.4) is 0 Å².